The Kier molecular flexibility index (Phi) is 6.51. The van der Waals surface area contributed by atoms with Crippen molar-refractivity contribution in [3.63, 3.8) is 0 Å². The predicted molar refractivity (Wildman–Crippen MR) is 104 cm³/mol. The SMILES string of the molecule is O=C(Cc1ccccc1)NCCNC(=O)c1ccc(-n2ccc(C(F)(F)F)n2)cc1. The molecule has 0 aliphatic carbocycles. The smallest absolute Gasteiger partial charge is 0.354 e. The zero-order valence-electron chi connectivity index (χ0n) is 15.8. The molecule has 0 bridgehead atoms. The van der Waals surface area contributed by atoms with Crippen LogP contribution >= 0.6 is 0 Å². The second-order valence-electron chi connectivity index (χ2n) is 6.46. The van der Waals surface area contributed by atoms with Gasteiger partial charge in [-0.15, -0.1) is 0 Å². The van der Waals surface area contributed by atoms with E-state index in [0.717, 1.165) is 16.3 Å². The number of nitrogens with zero attached hydrogens (tertiary/aromatic N) is 2. The van der Waals surface area contributed by atoms with E-state index in [0.29, 0.717) is 11.3 Å². The minimum absolute atomic E-state index is 0.141. The number of amides is 2. The lowest BCUT2D eigenvalue weighted by atomic mass is 10.1. The number of benzene rings is 2. The van der Waals surface area contributed by atoms with Crippen LogP contribution in [-0.4, -0.2) is 34.7 Å². The Balaban J connectivity index is 1.45. The van der Waals surface area contributed by atoms with Crippen LogP contribution in [0.3, 0.4) is 0 Å². The molecule has 9 heteroatoms. The summed E-state index contributed by atoms with van der Waals surface area (Å²) < 4.78 is 39.0. The molecule has 3 rings (SSSR count). The molecule has 2 aromatic carbocycles. The Bertz CT molecular complexity index is 999. The molecule has 0 fully saturated rings. The van der Waals surface area contributed by atoms with Crippen LogP contribution in [0.25, 0.3) is 5.69 Å². The second-order valence-corrected chi connectivity index (χ2v) is 6.46. The highest BCUT2D eigenvalue weighted by Crippen LogP contribution is 2.27. The van der Waals surface area contributed by atoms with Gasteiger partial charge in [-0.1, -0.05) is 30.3 Å². The summed E-state index contributed by atoms with van der Waals surface area (Å²) in [6.45, 7) is 0.526. The summed E-state index contributed by atoms with van der Waals surface area (Å²) in [6, 6.07) is 16.2. The van der Waals surface area contributed by atoms with Crippen LogP contribution in [0.2, 0.25) is 0 Å². The van der Waals surface area contributed by atoms with E-state index in [9.17, 15) is 22.8 Å². The Morgan fingerprint density at radius 3 is 2.20 bits per heavy atom. The maximum atomic E-state index is 12.6. The predicted octanol–water partition coefficient (Wildman–Crippen LogP) is 2.98. The number of halogens is 3. The third kappa shape index (κ3) is 5.69. The fourth-order valence-corrected chi connectivity index (χ4v) is 2.71. The molecule has 156 valence electrons. The number of carbonyl (C=O) groups excluding carboxylic acids is 2. The van der Waals surface area contributed by atoms with Crippen molar-refractivity contribution in [3.8, 4) is 5.69 Å². The highest BCUT2D eigenvalue weighted by Gasteiger charge is 2.33. The van der Waals surface area contributed by atoms with Gasteiger partial charge in [0.1, 0.15) is 0 Å². The normalized spacial score (nSPS) is 11.2. The topological polar surface area (TPSA) is 76.0 Å². The molecule has 0 atom stereocenters. The Hall–Kier alpha value is -3.62. The molecule has 0 aliphatic rings. The molecular weight excluding hydrogens is 397 g/mol. The first-order valence-electron chi connectivity index (χ1n) is 9.15. The van der Waals surface area contributed by atoms with Crippen molar-refractivity contribution in [2.45, 2.75) is 12.6 Å². The molecule has 2 N–H and O–H groups in total. The number of nitrogens with one attached hydrogen (secondary N) is 2. The van der Waals surface area contributed by atoms with E-state index in [4.69, 9.17) is 0 Å². The summed E-state index contributed by atoms with van der Waals surface area (Å²) in [5, 5.41) is 8.89. The first-order chi connectivity index (χ1) is 14.3. The largest absolute Gasteiger partial charge is 0.435 e. The van der Waals surface area contributed by atoms with Gasteiger partial charge in [-0.2, -0.15) is 18.3 Å². The van der Waals surface area contributed by atoms with Crippen molar-refractivity contribution in [2.75, 3.05) is 13.1 Å². The number of alkyl halides is 3. The molecular formula is C21H19F3N4O2. The van der Waals surface area contributed by atoms with Crippen LogP contribution in [-0.2, 0) is 17.4 Å². The van der Waals surface area contributed by atoms with Crippen molar-refractivity contribution in [1.29, 1.82) is 0 Å². The van der Waals surface area contributed by atoms with Crippen molar-refractivity contribution in [3.05, 3.63) is 83.7 Å². The van der Waals surface area contributed by atoms with Crippen LogP contribution in [0.5, 0.6) is 0 Å². The summed E-state index contributed by atoms with van der Waals surface area (Å²) in [7, 11) is 0. The van der Waals surface area contributed by atoms with Crippen LogP contribution in [0.1, 0.15) is 21.6 Å². The average Bonchev–Trinajstić information content (AvgIpc) is 3.23. The van der Waals surface area contributed by atoms with Gasteiger partial charge in [0.25, 0.3) is 5.91 Å². The number of hydrogen-bond donors (Lipinski definition) is 2. The summed E-state index contributed by atoms with van der Waals surface area (Å²) in [5.41, 5.74) is 0.657. The zero-order chi connectivity index (χ0) is 21.6. The summed E-state index contributed by atoms with van der Waals surface area (Å²) in [5.74, 6) is -0.493. The standard InChI is InChI=1S/C21H19F3N4O2/c22-21(23,24)18-10-13-28(27-18)17-8-6-16(7-9-17)20(30)26-12-11-25-19(29)14-15-4-2-1-3-5-15/h1-10,13H,11-12,14H2,(H,25,29)(H,26,30). The van der Waals surface area contributed by atoms with Gasteiger partial charge in [-0.25, -0.2) is 4.68 Å². The molecule has 0 saturated carbocycles. The van der Waals surface area contributed by atoms with Crippen LogP contribution in [0.4, 0.5) is 13.2 Å². The molecule has 1 aromatic heterocycles. The first-order valence-corrected chi connectivity index (χ1v) is 9.15. The summed E-state index contributed by atoms with van der Waals surface area (Å²) in [4.78, 5) is 24.0. The van der Waals surface area contributed by atoms with E-state index >= 15 is 0 Å². The van der Waals surface area contributed by atoms with E-state index in [2.05, 4.69) is 15.7 Å². The summed E-state index contributed by atoms with van der Waals surface area (Å²) in [6.07, 6.45) is -3.04. The zero-order valence-corrected chi connectivity index (χ0v) is 15.8. The molecule has 0 aliphatic heterocycles. The van der Waals surface area contributed by atoms with E-state index in [1.165, 1.54) is 30.5 Å². The lowest BCUT2D eigenvalue weighted by Gasteiger charge is -2.08. The first kappa shape index (κ1) is 21.1. The quantitative estimate of drug-likeness (QED) is 0.582. The highest BCUT2D eigenvalue weighted by molar-refractivity contribution is 5.94. The minimum Gasteiger partial charge on any atom is -0.354 e. The van der Waals surface area contributed by atoms with Crippen molar-refractivity contribution in [1.82, 2.24) is 20.4 Å². The average molecular weight is 416 g/mol. The molecule has 2 amide bonds. The van der Waals surface area contributed by atoms with Crippen molar-refractivity contribution >= 4 is 11.8 Å². The lowest BCUT2D eigenvalue weighted by Crippen LogP contribution is -2.35. The molecule has 0 saturated heterocycles. The van der Waals surface area contributed by atoms with Crippen molar-refractivity contribution in [2.24, 2.45) is 0 Å². The van der Waals surface area contributed by atoms with Crippen molar-refractivity contribution < 1.29 is 22.8 Å². The maximum absolute atomic E-state index is 12.6. The fraction of sp³-hybridized carbons (Fsp3) is 0.190. The van der Waals surface area contributed by atoms with Gasteiger partial charge in [-0.3, -0.25) is 9.59 Å². The molecule has 6 nitrogen and oxygen atoms in total. The number of hydrogen-bond acceptors (Lipinski definition) is 3. The van der Waals surface area contributed by atoms with Crippen LogP contribution in [0.15, 0.2) is 66.9 Å². The van der Waals surface area contributed by atoms with Crippen LogP contribution < -0.4 is 10.6 Å². The Labute approximate surface area is 170 Å². The second kappa shape index (κ2) is 9.25. The number of carbonyl (C=O) groups is 2. The van der Waals surface area contributed by atoms with E-state index in [1.807, 2.05) is 30.3 Å². The third-order valence-corrected chi connectivity index (χ3v) is 4.21. The molecule has 1 heterocycles. The highest BCUT2D eigenvalue weighted by atomic mass is 19.4. The van der Waals surface area contributed by atoms with Gasteiger partial charge in [0.15, 0.2) is 5.69 Å². The van der Waals surface area contributed by atoms with Gasteiger partial charge >= 0.3 is 6.18 Å². The number of rotatable bonds is 7. The Morgan fingerprint density at radius 1 is 0.900 bits per heavy atom. The summed E-state index contributed by atoms with van der Waals surface area (Å²) >= 11 is 0. The van der Waals surface area contributed by atoms with Gasteiger partial charge < -0.3 is 10.6 Å². The lowest BCUT2D eigenvalue weighted by molar-refractivity contribution is -0.141. The number of aromatic nitrogens is 2. The van der Waals surface area contributed by atoms with Gasteiger partial charge in [0.2, 0.25) is 5.91 Å². The van der Waals surface area contributed by atoms with E-state index in [1.54, 1.807) is 0 Å². The molecule has 0 unspecified atom stereocenters. The minimum atomic E-state index is -4.51. The van der Waals surface area contributed by atoms with E-state index in [-0.39, 0.29) is 31.3 Å². The van der Waals surface area contributed by atoms with Gasteiger partial charge in [-0.05, 0) is 35.9 Å². The van der Waals surface area contributed by atoms with E-state index < -0.39 is 11.9 Å². The molecule has 0 radical (unpaired) electrons. The molecule has 0 spiro atoms. The maximum Gasteiger partial charge on any atom is 0.435 e. The van der Waals surface area contributed by atoms with Gasteiger partial charge in [0, 0.05) is 24.8 Å². The van der Waals surface area contributed by atoms with Crippen LogP contribution in [0, 0.1) is 0 Å². The molecule has 30 heavy (non-hydrogen) atoms. The van der Waals surface area contributed by atoms with Gasteiger partial charge in [0.05, 0.1) is 12.1 Å². The Morgan fingerprint density at radius 2 is 1.57 bits per heavy atom. The monoisotopic (exact) mass is 416 g/mol. The fourth-order valence-electron chi connectivity index (χ4n) is 2.71. The molecule has 3 aromatic rings. The third-order valence-electron chi connectivity index (χ3n) is 4.21.